The molecule has 4 aromatic rings. The van der Waals surface area contributed by atoms with Crippen LogP contribution in [-0.2, 0) is 6.42 Å². The predicted octanol–water partition coefficient (Wildman–Crippen LogP) is 4.15. The highest BCUT2D eigenvalue weighted by Gasteiger charge is 2.13. The van der Waals surface area contributed by atoms with Crippen molar-refractivity contribution >= 4 is 67.8 Å². The van der Waals surface area contributed by atoms with Crippen molar-refractivity contribution in [2.75, 3.05) is 5.32 Å². The molecule has 0 saturated carbocycles. The largest absolute Gasteiger partial charge is 0.332 e. The highest BCUT2D eigenvalue weighted by Crippen LogP contribution is 2.27. The van der Waals surface area contributed by atoms with Crippen LogP contribution in [0, 0.1) is 3.57 Å². The summed E-state index contributed by atoms with van der Waals surface area (Å²) in [5.74, 6) is 0.578. The zero-order chi connectivity index (χ0) is 20.4. The molecule has 10 heteroatoms. The molecule has 0 aliphatic carbocycles. The highest BCUT2D eigenvalue weighted by atomic mass is 127. The monoisotopic (exact) mass is 534 g/mol. The number of amides is 1. The molecule has 0 bridgehead atoms. The molecule has 0 unspecified atom stereocenters. The quantitative estimate of drug-likeness (QED) is 0.303. The number of halogens is 1. The van der Waals surface area contributed by atoms with Crippen LogP contribution in [0.15, 0.2) is 48.5 Å². The van der Waals surface area contributed by atoms with Gasteiger partial charge in [-0.2, -0.15) is 9.61 Å². The van der Waals surface area contributed by atoms with Gasteiger partial charge in [-0.15, -0.1) is 10.2 Å². The molecule has 0 saturated heterocycles. The van der Waals surface area contributed by atoms with E-state index in [1.165, 1.54) is 11.3 Å². The lowest BCUT2D eigenvalue weighted by molar-refractivity contribution is 0.0977. The van der Waals surface area contributed by atoms with Crippen molar-refractivity contribution in [1.29, 1.82) is 0 Å². The number of carbonyl (C=O) groups is 1. The Bertz CT molecular complexity index is 1220. The summed E-state index contributed by atoms with van der Waals surface area (Å²) >= 11 is 8.93. The van der Waals surface area contributed by atoms with Gasteiger partial charge in [0.05, 0.1) is 0 Å². The zero-order valence-corrected chi connectivity index (χ0v) is 19.0. The fourth-order valence-corrected chi connectivity index (χ4v) is 4.30. The van der Waals surface area contributed by atoms with E-state index in [0.717, 1.165) is 37.0 Å². The minimum atomic E-state index is -0.252. The third-order valence-corrected chi connectivity index (χ3v) is 5.88. The van der Waals surface area contributed by atoms with E-state index >= 15 is 0 Å². The molecule has 2 aromatic carbocycles. The van der Waals surface area contributed by atoms with Gasteiger partial charge in [0.25, 0.3) is 5.91 Å². The van der Waals surface area contributed by atoms with Gasteiger partial charge in [0.1, 0.15) is 5.01 Å². The average molecular weight is 534 g/mol. The average Bonchev–Trinajstić information content (AvgIpc) is 3.28. The summed E-state index contributed by atoms with van der Waals surface area (Å²) in [7, 11) is 0. The number of anilines is 1. The van der Waals surface area contributed by atoms with E-state index in [0.29, 0.717) is 5.56 Å². The molecule has 146 valence electrons. The minimum Gasteiger partial charge on any atom is -0.332 e. The van der Waals surface area contributed by atoms with Crippen LogP contribution in [0.1, 0.15) is 23.1 Å². The summed E-state index contributed by atoms with van der Waals surface area (Å²) < 4.78 is 2.75. The van der Waals surface area contributed by atoms with Crippen molar-refractivity contribution < 1.29 is 4.79 Å². The Morgan fingerprint density at radius 3 is 2.83 bits per heavy atom. The lowest BCUT2D eigenvalue weighted by Crippen LogP contribution is -2.34. The number of rotatable bonds is 4. The molecule has 29 heavy (non-hydrogen) atoms. The number of hydrogen-bond donors (Lipinski definition) is 2. The summed E-state index contributed by atoms with van der Waals surface area (Å²) in [4.78, 5) is 13.1. The Balaban J connectivity index is 1.48. The summed E-state index contributed by atoms with van der Waals surface area (Å²) in [6, 6.07) is 15.0. The van der Waals surface area contributed by atoms with Gasteiger partial charge in [0.2, 0.25) is 4.96 Å². The fraction of sp³-hybridized carbons (Fsp3) is 0.105. The van der Waals surface area contributed by atoms with Crippen molar-refractivity contribution in [3.63, 3.8) is 0 Å². The predicted molar refractivity (Wildman–Crippen MR) is 126 cm³/mol. The second-order valence-electron chi connectivity index (χ2n) is 6.07. The second kappa shape index (κ2) is 8.51. The van der Waals surface area contributed by atoms with Crippen LogP contribution in [0.5, 0.6) is 0 Å². The number of aromatic nitrogens is 4. The van der Waals surface area contributed by atoms with E-state index in [2.05, 4.69) is 48.5 Å². The fourth-order valence-electron chi connectivity index (χ4n) is 2.69. The molecule has 0 fully saturated rings. The van der Waals surface area contributed by atoms with Gasteiger partial charge in [0, 0.05) is 26.8 Å². The first-order chi connectivity index (χ1) is 14.0. The van der Waals surface area contributed by atoms with Crippen LogP contribution in [-0.4, -0.2) is 30.8 Å². The van der Waals surface area contributed by atoms with Crippen molar-refractivity contribution in [1.82, 2.24) is 25.1 Å². The maximum atomic E-state index is 12.4. The van der Waals surface area contributed by atoms with Crippen LogP contribution in [0.2, 0.25) is 0 Å². The van der Waals surface area contributed by atoms with E-state index < -0.39 is 0 Å². The van der Waals surface area contributed by atoms with Crippen LogP contribution < -0.4 is 10.6 Å². The molecule has 2 heterocycles. The van der Waals surface area contributed by atoms with Crippen molar-refractivity contribution in [2.24, 2.45) is 0 Å². The molecule has 2 N–H and O–H groups in total. The van der Waals surface area contributed by atoms with E-state index in [1.54, 1.807) is 16.6 Å². The van der Waals surface area contributed by atoms with E-state index in [1.807, 2.05) is 43.3 Å². The van der Waals surface area contributed by atoms with Crippen molar-refractivity contribution in [3.05, 3.63) is 63.5 Å². The van der Waals surface area contributed by atoms with E-state index in [4.69, 9.17) is 12.2 Å². The van der Waals surface area contributed by atoms with Gasteiger partial charge in [-0.1, -0.05) is 36.5 Å². The maximum Gasteiger partial charge on any atom is 0.257 e. The Morgan fingerprint density at radius 1 is 1.21 bits per heavy atom. The molecule has 0 radical (unpaired) electrons. The zero-order valence-electron chi connectivity index (χ0n) is 15.2. The molecule has 0 aliphatic rings. The van der Waals surface area contributed by atoms with Crippen molar-refractivity contribution in [3.8, 4) is 10.6 Å². The molecular weight excluding hydrogens is 519 g/mol. The molecule has 4 rings (SSSR count). The number of nitrogens with zero attached hydrogens (tertiary/aromatic N) is 4. The summed E-state index contributed by atoms with van der Waals surface area (Å²) in [6.07, 6.45) is 0.764. The third kappa shape index (κ3) is 4.43. The van der Waals surface area contributed by atoms with Gasteiger partial charge >= 0.3 is 0 Å². The first-order valence-corrected chi connectivity index (χ1v) is 11.0. The van der Waals surface area contributed by atoms with E-state index in [9.17, 15) is 4.79 Å². The number of fused-ring (bicyclic) bond motifs is 1. The Labute approximate surface area is 189 Å². The minimum absolute atomic E-state index is 0.234. The van der Waals surface area contributed by atoms with Gasteiger partial charge in [-0.25, -0.2) is 0 Å². The number of nitrogens with one attached hydrogen (secondary N) is 2. The molecule has 2 aromatic heterocycles. The Kier molecular flexibility index (Phi) is 5.83. The third-order valence-electron chi connectivity index (χ3n) is 4.05. The van der Waals surface area contributed by atoms with Crippen LogP contribution in [0.25, 0.3) is 15.5 Å². The number of benzene rings is 2. The molecule has 1 amide bonds. The Hall–Kier alpha value is -2.44. The first kappa shape index (κ1) is 19.9. The van der Waals surface area contributed by atoms with Gasteiger partial charge in [-0.3, -0.25) is 10.1 Å². The summed E-state index contributed by atoms with van der Waals surface area (Å²) in [5.41, 5.74) is 2.25. The first-order valence-electron chi connectivity index (χ1n) is 8.73. The lowest BCUT2D eigenvalue weighted by atomic mass is 10.2. The second-order valence-corrected chi connectivity index (χ2v) is 8.68. The maximum absolute atomic E-state index is 12.4. The normalized spacial score (nSPS) is 10.8. The number of thiocarbonyl (C=S) groups is 1. The van der Waals surface area contributed by atoms with Crippen LogP contribution in [0.4, 0.5) is 5.69 Å². The van der Waals surface area contributed by atoms with Crippen LogP contribution >= 0.6 is 46.1 Å². The molecular formula is C19H15IN6OS2. The van der Waals surface area contributed by atoms with Gasteiger partial charge in [0.15, 0.2) is 10.9 Å². The number of carbonyl (C=O) groups excluding carboxylic acids is 1. The van der Waals surface area contributed by atoms with Gasteiger partial charge < -0.3 is 5.32 Å². The highest BCUT2D eigenvalue weighted by molar-refractivity contribution is 14.1. The summed E-state index contributed by atoms with van der Waals surface area (Å²) in [5, 5.41) is 19.7. The topological polar surface area (TPSA) is 84.2 Å². The molecule has 0 spiro atoms. The molecule has 0 aliphatic heterocycles. The Morgan fingerprint density at radius 2 is 2.03 bits per heavy atom. The summed E-state index contributed by atoms with van der Waals surface area (Å²) in [6.45, 7) is 2.02. The van der Waals surface area contributed by atoms with Crippen LogP contribution in [0.3, 0.4) is 0 Å². The molecule has 0 atom stereocenters. The molecule has 7 nitrogen and oxygen atoms in total. The standard InChI is InChI=1S/C19H15IN6OS2/c1-2-15-23-24-19-26(15)25-17(29-19)12-6-4-8-14(10-12)21-18(28)22-16(27)11-5-3-7-13(20)9-11/h3-10H,2H2,1H3,(H2,21,22,27,28). The SMILES string of the molecule is CCc1nnc2sc(-c3cccc(NC(=S)NC(=O)c4cccc(I)c4)c3)nn12. The van der Waals surface area contributed by atoms with E-state index in [-0.39, 0.29) is 11.0 Å². The van der Waals surface area contributed by atoms with Crippen molar-refractivity contribution in [2.45, 2.75) is 13.3 Å². The number of aryl methyl sites for hydroxylation is 1. The van der Waals surface area contributed by atoms with Gasteiger partial charge in [-0.05, 0) is 65.1 Å². The lowest BCUT2D eigenvalue weighted by Gasteiger charge is -2.10. The smallest absolute Gasteiger partial charge is 0.257 e. The number of hydrogen-bond acceptors (Lipinski definition) is 6.